The lowest BCUT2D eigenvalue weighted by molar-refractivity contribution is -0.135. The molecule has 0 aliphatic carbocycles. The zero-order chi connectivity index (χ0) is 22.5. The van der Waals surface area contributed by atoms with Crippen molar-refractivity contribution in [2.24, 2.45) is 0 Å². The van der Waals surface area contributed by atoms with E-state index in [0.717, 1.165) is 10.6 Å². The highest BCUT2D eigenvalue weighted by molar-refractivity contribution is 5.94. The Bertz CT molecular complexity index is 1200. The van der Waals surface area contributed by atoms with Gasteiger partial charge in [0.05, 0.1) is 29.5 Å². The monoisotopic (exact) mass is 432 g/mol. The Morgan fingerprint density at radius 1 is 1.10 bits per heavy atom. The zero-order valence-electron chi connectivity index (χ0n) is 16.6. The van der Waals surface area contributed by atoms with Crippen LogP contribution in [0.25, 0.3) is 10.9 Å². The first-order valence-corrected chi connectivity index (χ1v) is 9.47. The van der Waals surface area contributed by atoms with E-state index in [9.17, 15) is 27.6 Å². The average molecular weight is 432 g/mol. The van der Waals surface area contributed by atoms with Gasteiger partial charge in [0, 0.05) is 6.54 Å². The summed E-state index contributed by atoms with van der Waals surface area (Å²) < 4.78 is 41.3. The molecule has 162 valence electrons. The summed E-state index contributed by atoms with van der Waals surface area (Å²) >= 11 is 0. The minimum Gasteiger partial charge on any atom is -0.332 e. The molecule has 0 spiro atoms. The van der Waals surface area contributed by atoms with Crippen LogP contribution in [0.5, 0.6) is 0 Å². The largest absolute Gasteiger partial charge is 0.332 e. The van der Waals surface area contributed by atoms with Crippen LogP contribution < -0.4 is 10.9 Å². The molecule has 7 nitrogen and oxygen atoms in total. The molecule has 0 fully saturated rings. The molecule has 31 heavy (non-hydrogen) atoms. The van der Waals surface area contributed by atoms with Crippen LogP contribution >= 0.6 is 0 Å². The molecule has 1 aromatic heterocycles. The first kappa shape index (κ1) is 22.0. The van der Waals surface area contributed by atoms with Crippen LogP contribution in [0.1, 0.15) is 13.3 Å². The first-order valence-electron chi connectivity index (χ1n) is 9.47. The number of nitrogens with zero attached hydrogens (tertiary/aromatic N) is 3. The molecular formula is C21H19F3N4O3. The third-order valence-corrected chi connectivity index (χ3v) is 4.53. The number of hydrogen-bond donors (Lipinski definition) is 1. The molecular weight excluding hydrogens is 413 g/mol. The molecule has 1 N–H and O–H groups in total. The van der Waals surface area contributed by atoms with Crippen LogP contribution in [0.15, 0.2) is 47.5 Å². The molecule has 0 radical (unpaired) electrons. The van der Waals surface area contributed by atoms with E-state index in [-0.39, 0.29) is 13.1 Å². The van der Waals surface area contributed by atoms with Crippen molar-refractivity contribution in [3.63, 3.8) is 0 Å². The van der Waals surface area contributed by atoms with Gasteiger partial charge in [0.25, 0.3) is 5.56 Å². The Balaban J connectivity index is 1.74. The second kappa shape index (κ2) is 9.41. The van der Waals surface area contributed by atoms with Gasteiger partial charge >= 0.3 is 0 Å². The highest BCUT2D eigenvalue weighted by Crippen LogP contribution is 2.19. The third kappa shape index (κ3) is 4.90. The fraction of sp³-hybridized carbons (Fsp3) is 0.238. The van der Waals surface area contributed by atoms with Crippen molar-refractivity contribution in [3.8, 4) is 0 Å². The number of fused-ring (bicyclic) bond motifs is 1. The van der Waals surface area contributed by atoms with Crippen molar-refractivity contribution in [1.29, 1.82) is 0 Å². The van der Waals surface area contributed by atoms with E-state index in [1.807, 2.05) is 0 Å². The fourth-order valence-corrected chi connectivity index (χ4v) is 3.01. The lowest BCUT2D eigenvalue weighted by Crippen LogP contribution is -2.41. The van der Waals surface area contributed by atoms with E-state index >= 15 is 0 Å². The summed E-state index contributed by atoms with van der Waals surface area (Å²) in [6, 6.07) is 8.26. The zero-order valence-corrected chi connectivity index (χ0v) is 16.6. The summed E-state index contributed by atoms with van der Waals surface area (Å²) in [5.41, 5.74) is -0.444. The molecule has 10 heteroatoms. The molecule has 3 rings (SSSR count). The molecule has 0 saturated carbocycles. The second-order valence-corrected chi connectivity index (χ2v) is 6.78. The van der Waals surface area contributed by atoms with E-state index < -0.39 is 47.1 Å². The quantitative estimate of drug-likeness (QED) is 0.582. The number of amides is 2. The maximum Gasteiger partial charge on any atom is 0.261 e. The Labute approximate surface area is 175 Å². The van der Waals surface area contributed by atoms with Crippen LogP contribution in [-0.2, 0) is 16.1 Å². The summed E-state index contributed by atoms with van der Waals surface area (Å²) in [5, 5.41) is 2.48. The molecule has 0 unspecified atom stereocenters. The van der Waals surface area contributed by atoms with Crippen molar-refractivity contribution in [3.05, 3.63) is 70.5 Å². The molecule has 0 atom stereocenters. The molecule has 1 heterocycles. The van der Waals surface area contributed by atoms with Crippen LogP contribution in [0, 0.1) is 17.5 Å². The summed E-state index contributed by atoms with van der Waals surface area (Å²) in [6.07, 6.45) is 1.77. The average Bonchev–Trinajstić information content (AvgIpc) is 2.76. The van der Waals surface area contributed by atoms with Crippen LogP contribution in [0.4, 0.5) is 18.9 Å². The first-order chi connectivity index (χ1) is 14.8. The van der Waals surface area contributed by atoms with E-state index in [1.165, 1.54) is 11.2 Å². The predicted octanol–water partition coefficient (Wildman–Crippen LogP) is 2.69. The SMILES string of the molecule is CCCN(CC(=O)Nc1ccc(F)c(F)c1F)C(=O)Cn1cnc2ccccc2c1=O. The Morgan fingerprint density at radius 2 is 1.84 bits per heavy atom. The summed E-state index contributed by atoms with van der Waals surface area (Å²) in [7, 11) is 0. The van der Waals surface area contributed by atoms with Gasteiger partial charge in [0.2, 0.25) is 11.8 Å². The number of carbonyl (C=O) groups is 2. The third-order valence-electron chi connectivity index (χ3n) is 4.53. The number of carbonyl (C=O) groups excluding carboxylic acids is 2. The van der Waals surface area contributed by atoms with Gasteiger partial charge in [-0.15, -0.1) is 0 Å². The van der Waals surface area contributed by atoms with Crippen LogP contribution in [-0.4, -0.2) is 39.4 Å². The summed E-state index contributed by atoms with van der Waals surface area (Å²) in [6.45, 7) is 1.18. The highest BCUT2D eigenvalue weighted by atomic mass is 19.2. The topological polar surface area (TPSA) is 84.3 Å². The minimum absolute atomic E-state index is 0.197. The molecule has 0 bridgehead atoms. The predicted molar refractivity (Wildman–Crippen MR) is 108 cm³/mol. The van der Waals surface area contributed by atoms with Crippen LogP contribution in [0.3, 0.4) is 0 Å². The van der Waals surface area contributed by atoms with Crippen LogP contribution in [0.2, 0.25) is 0 Å². The Kier molecular flexibility index (Phi) is 6.68. The maximum atomic E-state index is 13.8. The number of halogens is 3. The van der Waals surface area contributed by atoms with E-state index in [2.05, 4.69) is 10.3 Å². The van der Waals surface area contributed by atoms with Gasteiger partial charge in [-0.25, -0.2) is 18.2 Å². The Hall–Kier alpha value is -3.69. The number of nitrogens with one attached hydrogen (secondary N) is 1. The number of rotatable bonds is 7. The summed E-state index contributed by atoms with van der Waals surface area (Å²) in [5.74, 6) is -5.94. The number of benzene rings is 2. The van der Waals surface area contributed by atoms with Gasteiger partial charge in [-0.2, -0.15) is 0 Å². The molecule has 0 aliphatic heterocycles. The normalized spacial score (nSPS) is 10.8. The van der Waals surface area contributed by atoms with Gasteiger partial charge < -0.3 is 10.2 Å². The van der Waals surface area contributed by atoms with Crippen molar-refractivity contribution < 1.29 is 22.8 Å². The number of para-hydroxylation sites is 1. The van der Waals surface area contributed by atoms with E-state index in [0.29, 0.717) is 23.4 Å². The van der Waals surface area contributed by atoms with Gasteiger partial charge in [0.1, 0.15) is 6.54 Å². The molecule has 2 amide bonds. The lowest BCUT2D eigenvalue weighted by Gasteiger charge is -2.22. The molecule has 2 aromatic carbocycles. The Morgan fingerprint density at radius 3 is 2.58 bits per heavy atom. The van der Waals surface area contributed by atoms with Crippen molar-refractivity contribution >= 4 is 28.4 Å². The van der Waals surface area contributed by atoms with Crippen molar-refractivity contribution in [2.75, 3.05) is 18.4 Å². The standard InChI is InChI=1S/C21H19F3N4O3/c1-2-9-27(10-17(29)26-16-8-7-14(22)19(23)20(16)24)18(30)11-28-12-25-15-6-4-3-5-13(15)21(28)31/h3-8,12H,2,9-11H2,1H3,(H,26,29). The number of aromatic nitrogens is 2. The minimum atomic E-state index is -1.71. The van der Waals surface area contributed by atoms with E-state index in [1.54, 1.807) is 31.2 Å². The molecule has 3 aromatic rings. The fourth-order valence-electron chi connectivity index (χ4n) is 3.01. The number of hydrogen-bond acceptors (Lipinski definition) is 4. The van der Waals surface area contributed by atoms with Crippen molar-refractivity contribution in [1.82, 2.24) is 14.5 Å². The van der Waals surface area contributed by atoms with E-state index in [4.69, 9.17) is 0 Å². The summed E-state index contributed by atoms with van der Waals surface area (Å²) in [4.78, 5) is 42.9. The number of anilines is 1. The van der Waals surface area contributed by atoms with Crippen molar-refractivity contribution in [2.45, 2.75) is 19.9 Å². The van der Waals surface area contributed by atoms with Gasteiger partial charge in [0.15, 0.2) is 17.5 Å². The highest BCUT2D eigenvalue weighted by Gasteiger charge is 2.20. The maximum absolute atomic E-state index is 13.8. The smallest absolute Gasteiger partial charge is 0.261 e. The molecule has 0 saturated heterocycles. The second-order valence-electron chi connectivity index (χ2n) is 6.78. The van der Waals surface area contributed by atoms with Gasteiger partial charge in [-0.05, 0) is 30.7 Å². The van der Waals surface area contributed by atoms with Gasteiger partial charge in [-0.3, -0.25) is 19.0 Å². The lowest BCUT2D eigenvalue weighted by atomic mass is 10.2. The molecule has 0 aliphatic rings. The van der Waals surface area contributed by atoms with Gasteiger partial charge in [-0.1, -0.05) is 19.1 Å².